The summed E-state index contributed by atoms with van der Waals surface area (Å²) in [7, 11) is 0. The lowest BCUT2D eigenvalue weighted by atomic mass is 9.83. The molecule has 92 valence electrons. The zero-order valence-corrected chi connectivity index (χ0v) is 11.8. The van der Waals surface area contributed by atoms with Crippen LogP contribution in [0.3, 0.4) is 0 Å². The molecule has 1 aliphatic carbocycles. The van der Waals surface area contributed by atoms with Crippen molar-refractivity contribution in [2.24, 2.45) is 5.92 Å². The third-order valence-electron chi connectivity index (χ3n) is 5.05. The van der Waals surface area contributed by atoms with E-state index >= 15 is 0 Å². The third kappa shape index (κ3) is 1.49. The van der Waals surface area contributed by atoms with Crippen LogP contribution in [0.25, 0.3) is 0 Å². The van der Waals surface area contributed by atoms with Crippen molar-refractivity contribution in [3.05, 3.63) is 0 Å². The molecule has 3 rings (SSSR count). The van der Waals surface area contributed by atoms with Crippen molar-refractivity contribution in [3.8, 4) is 0 Å². The minimum Gasteiger partial charge on any atom is -0.391 e. The van der Waals surface area contributed by atoms with Gasteiger partial charge >= 0.3 is 0 Å². The SMILES string of the molecule is OCC[N@+]12CO[C@@H]3CCC[C@H](C[C@H]1CI)[C@H]32. The Hall–Kier alpha value is 0.610. The molecule has 0 unspecified atom stereocenters. The van der Waals surface area contributed by atoms with Gasteiger partial charge in [-0.25, -0.2) is 0 Å². The maximum atomic E-state index is 9.37. The van der Waals surface area contributed by atoms with Crippen molar-refractivity contribution in [1.29, 1.82) is 0 Å². The van der Waals surface area contributed by atoms with Crippen LogP contribution in [0.15, 0.2) is 0 Å². The number of hydrogen-bond acceptors (Lipinski definition) is 2. The summed E-state index contributed by atoms with van der Waals surface area (Å²) in [6.07, 6.45) is 5.86. The number of hydrogen-bond donors (Lipinski definition) is 1. The van der Waals surface area contributed by atoms with E-state index < -0.39 is 0 Å². The second-order valence-electron chi connectivity index (χ2n) is 5.61. The first-order valence-corrected chi connectivity index (χ1v) is 7.99. The molecule has 5 atom stereocenters. The molecular formula is C12H21INO2+. The first kappa shape index (κ1) is 11.7. The van der Waals surface area contributed by atoms with Gasteiger partial charge in [0.1, 0.15) is 24.7 Å². The zero-order chi connectivity index (χ0) is 11.2. The summed E-state index contributed by atoms with van der Waals surface area (Å²) >= 11 is 2.52. The maximum Gasteiger partial charge on any atom is 0.184 e. The van der Waals surface area contributed by atoms with Gasteiger partial charge in [-0.05, 0) is 12.8 Å². The van der Waals surface area contributed by atoms with Crippen LogP contribution in [0.5, 0.6) is 0 Å². The average molecular weight is 338 g/mol. The molecule has 2 aliphatic heterocycles. The van der Waals surface area contributed by atoms with Gasteiger partial charge in [0.25, 0.3) is 0 Å². The molecule has 3 nitrogen and oxygen atoms in total. The summed E-state index contributed by atoms with van der Waals surface area (Å²) in [6, 6.07) is 1.44. The van der Waals surface area contributed by atoms with Crippen molar-refractivity contribution in [3.63, 3.8) is 0 Å². The topological polar surface area (TPSA) is 29.5 Å². The van der Waals surface area contributed by atoms with Crippen LogP contribution in [0.2, 0.25) is 0 Å². The fourth-order valence-electron chi connectivity index (χ4n) is 4.43. The molecule has 0 bridgehead atoms. The Bertz CT molecular complexity index is 276. The molecule has 16 heavy (non-hydrogen) atoms. The van der Waals surface area contributed by atoms with E-state index in [2.05, 4.69) is 22.6 Å². The lowest BCUT2D eigenvalue weighted by Crippen LogP contribution is -2.58. The van der Waals surface area contributed by atoms with Crippen LogP contribution in [0, 0.1) is 5.92 Å². The van der Waals surface area contributed by atoms with Crippen LogP contribution in [0.1, 0.15) is 25.7 Å². The van der Waals surface area contributed by atoms with Crippen molar-refractivity contribution < 1.29 is 14.3 Å². The molecule has 1 N–H and O–H groups in total. The third-order valence-corrected chi connectivity index (χ3v) is 6.06. The van der Waals surface area contributed by atoms with Crippen LogP contribution in [0.4, 0.5) is 0 Å². The van der Waals surface area contributed by atoms with Crippen molar-refractivity contribution in [2.45, 2.75) is 43.9 Å². The second kappa shape index (κ2) is 4.37. The molecule has 0 spiro atoms. The van der Waals surface area contributed by atoms with E-state index in [9.17, 15) is 5.11 Å². The summed E-state index contributed by atoms with van der Waals surface area (Å²) < 4.78 is 8.32. The van der Waals surface area contributed by atoms with Crippen molar-refractivity contribution in [2.75, 3.05) is 24.3 Å². The van der Waals surface area contributed by atoms with E-state index in [1.54, 1.807) is 0 Å². The fraction of sp³-hybridized carbons (Fsp3) is 1.00. The highest BCUT2D eigenvalue weighted by Crippen LogP contribution is 2.49. The van der Waals surface area contributed by atoms with Gasteiger partial charge in [-0.2, -0.15) is 0 Å². The average Bonchev–Trinajstić information content (AvgIpc) is 2.82. The quantitative estimate of drug-likeness (QED) is 0.480. The maximum absolute atomic E-state index is 9.37. The predicted octanol–water partition coefficient (Wildman–Crippen LogP) is 1.53. The van der Waals surface area contributed by atoms with E-state index in [1.165, 1.54) is 30.1 Å². The zero-order valence-electron chi connectivity index (χ0n) is 9.65. The lowest BCUT2D eigenvalue weighted by molar-refractivity contribution is -0.956. The van der Waals surface area contributed by atoms with Crippen LogP contribution in [-0.4, -0.2) is 52.1 Å². The number of aliphatic hydroxyl groups is 1. The number of halogens is 1. The number of nitrogens with zero attached hydrogens (tertiary/aromatic N) is 1. The summed E-state index contributed by atoms with van der Waals surface area (Å²) in [5, 5.41) is 9.37. The molecule has 0 aromatic rings. The van der Waals surface area contributed by atoms with E-state index in [4.69, 9.17) is 4.74 Å². The number of alkyl halides is 1. The number of rotatable bonds is 3. The highest BCUT2D eigenvalue weighted by atomic mass is 127. The standard InChI is InChI=1S/C12H21INO2/c13-7-10-6-9-2-1-3-11-12(9)14(10,4-5-15)8-16-11/h9-12,15H,1-8H2/q+1/t9-,10+,11-,12-,14+/m1/s1. The molecule has 3 aliphatic rings. The molecule has 3 fully saturated rings. The van der Waals surface area contributed by atoms with Gasteiger partial charge in [0, 0.05) is 12.3 Å². The highest BCUT2D eigenvalue weighted by Gasteiger charge is 2.62. The van der Waals surface area contributed by atoms with Gasteiger partial charge in [0.05, 0.1) is 11.0 Å². The first-order valence-electron chi connectivity index (χ1n) is 6.46. The number of ether oxygens (including phenoxy) is 1. The van der Waals surface area contributed by atoms with Gasteiger partial charge in [-0.1, -0.05) is 29.0 Å². The smallest absolute Gasteiger partial charge is 0.184 e. The van der Waals surface area contributed by atoms with Crippen LogP contribution < -0.4 is 0 Å². The molecule has 0 aromatic carbocycles. The minimum absolute atomic E-state index is 0.312. The molecule has 1 saturated carbocycles. The summed E-state index contributed by atoms with van der Waals surface area (Å²) in [6.45, 7) is 2.08. The van der Waals surface area contributed by atoms with E-state index in [1.807, 2.05) is 0 Å². The Morgan fingerprint density at radius 2 is 2.25 bits per heavy atom. The normalized spacial score (nSPS) is 50.6. The fourth-order valence-corrected chi connectivity index (χ4v) is 5.57. The molecule has 0 radical (unpaired) electrons. The Balaban J connectivity index is 1.92. The van der Waals surface area contributed by atoms with Gasteiger partial charge in [-0.15, -0.1) is 0 Å². The second-order valence-corrected chi connectivity index (χ2v) is 6.49. The Morgan fingerprint density at radius 1 is 1.38 bits per heavy atom. The van der Waals surface area contributed by atoms with Gasteiger partial charge in [0.15, 0.2) is 6.73 Å². The number of quaternary nitrogens is 1. The Kier molecular flexibility index (Phi) is 3.19. The predicted molar refractivity (Wildman–Crippen MR) is 70.4 cm³/mol. The van der Waals surface area contributed by atoms with Crippen molar-refractivity contribution in [1.82, 2.24) is 0 Å². The Labute approximate surface area is 111 Å². The molecule has 0 amide bonds. The van der Waals surface area contributed by atoms with Gasteiger partial charge < -0.3 is 9.84 Å². The van der Waals surface area contributed by atoms with Crippen molar-refractivity contribution >= 4 is 22.6 Å². The summed E-state index contributed by atoms with van der Waals surface area (Å²) in [5.41, 5.74) is 0. The molecule has 2 heterocycles. The van der Waals surface area contributed by atoms with Crippen LogP contribution >= 0.6 is 22.6 Å². The van der Waals surface area contributed by atoms with Gasteiger partial charge in [0.2, 0.25) is 0 Å². The lowest BCUT2D eigenvalue weighted by Gasteiger charge is -2.40. The first-order chi connectivity index (χ1) is 7.81. The molecular weight excluding hydrogens is 317 g/mol. The minimum atomic E-state index is 0.312. The van der Waals surface area contributed by atoms with E-state index in [-0.39, 0.29) is 0 Å². The monoisotopic (exact) mass is 338 g/mol. The molecule has 4 heteroatoms. The van der Waals surface area contributed by atoms with Crippen LogP contribution in [-0.2, 0) is 4.74 Å². The summed E-state index contributed by atoms with van der Waals surface area (Å²) in [4.78, 5) is 0. The molecule has 2 saturated heterocycles. The molecule has 0 aromatic heterocycles. The van der Waals surface area contributed by atoms with Gasteiger partial charge in [-0.3, -0.25) is 4.48 Å². The summed E-state index contributed by atoms with van der Waals surface area (Å²) in [5.74, 6) is 0.868. The Morgan fingerprint density at radius 3 is 3.00 bits per heavy atom. The van der Waals surface area contributed by atoms with E-state index in [0.29, 0.717) is 18.8 Å². The number of aliphatic hydroxyl groups excluding tert-OH is 1. The highest BCUT2D eigenvalue weighted by molar-refractivity contribution is 14.1. The van der Waals surface area contributed by atoms with E-state index in [0.717, 1.165) is 29.7 Å². The largest absolute Gasteiger partial charge is 0.391 e.